The summed E-state index contributed by atoms with van der Waals surface area (Å²) in [6, 6.07) is 6.50. The van der Waals surface area contributed by atoms with Crippen molar-refractivity contribution in [3.63, 3.8) is 0 Å². The number of nitrogens with one attached hydrogen (secondary N) is 1. The normalized spacial score (nSPS) is 9.73. The lowest BCUT2D eigenvalue weighted by Gasteiger charge is -2.05. The van der Waals surface area contributed by atoms with Crippen molar-refractivity contribution in [2.45, 2.75) is 6.92 Å². The van der Waals surface area contributed by atoms with Crippen LogP contribution in [0.3, 0.4) is 0 Å². The van der Waals surface area contributed by atoms with Gasteiger partial charge in [-0.1, -0.05) is 12.0 Å². The Balaban J connectivity index is 0.00000176. The van der Waals surface area contributed by atoms with Crippen LogP contribution in [-0.2, 0) is 0 Å². The fourth-order valence-corrected chi connectivity index (χ4v) is 1.92. The summed E-state index contributed by atoms with van der Waals surface area (Å²) >= 11 is 0. The minimum absolute atomic E-state index is 0. The molecule has 6 heteroatoms. The van der Waals surface area contributed by atoms with Crippen molar-refractivity contribution < 1.29 is 9.13 Å². The summed E-state index contributed by atoms with van der Waals surface area (Å²) in [6.45, 7) is 2.29. The quantitative estimate of drug-likeness (QED) is 0.738. The monoisotopic (exact) mass is 317 g/mol. The van der Waals surface area contributed by atoms with E-state index in [1.165, 1.54) is 6.07 Å². The van der Waals surface area contributed by atoms with Crippen LogP contribution in [0.2, 0.25) is 0 Å². The number of hydrogen-bond donors (Lipinski definition) is 1. The third-order valence-corrected chi connectivity index (χ3v) is 2.87. The van der Waals surface area contributed by atoms with Crippen LogP contribution in [0.1, 0.15) is 18.3 Å². The van der Waals surface area contributed by atoms with Gasteiger partial charge in [0.05, 0.1) is 6.61 Å². The average Bonchev–Trinajstić information content (AvgIpc) is 2.94. The Morgan fingerprint density at radius 2 is 2.14 bits per heavy atom. The van der Waals surface area contributed by atoms with Gasteiger partial charge in [0.25, 0.3) is 0 Å². The summed E-state index contributed by atoms with van der Waals surface area (Å²) in [4.78, 5) is 11.4. The predicted octanol–water partition coefficient (Wildman–Crippen LogP) is 3.32. The van der Waals surface area contributed by atoms with Gasteiger partial charge < -0.3 is 9.72 Å². The molecule has 0 amide bonds. The Bertz CT molecular complexity index is 851. The van der Waals surface area contributed by atoms with E-state index in [2.05, 4.69) is 26.8 Å². The molecule has 1 aromatic carbocycles. The Hall–Kier alpha value is -2.58. The molecule has 1 N–H and O–H groups in total. The standard InChI is InChI=1S/C16H12FN3O.ClH/c1-2-21-14-5-3-4-13(17)12(14)6-7-15-19-10-11-8-9-18-16(11)20-15;/h3-5,8-10H,2H2,1H3,(H,18,19,20);1H. The number of ether oxygens (including phenoxy) is 1. The van der Waals surface area contributed by atoms with Crippen molar-refractivity contribution >= 4 is 23.4 Å². The van der Waals surface area contributed by atoms with Crippen LogP contribution in [0, 0.1) is 17.7 Å². The first-order valence-corrected chi connectivity index (χ1v) is 6.51. The summed E-state index contributed by atoms with van der Waals surface area (Å²) in [5, 5.41) is 0.904. The van der Waals surface area contributed by atoms with Gasteiger partial charge in [-0.2, -0.15) is 0 Å². The summed E-state index contributed by atoms with van der Waals surface area (Å²) in [7, 11) is 0. The Morgan fingerprint density at radius 1 is 1.27 bits per heavy atom. The molecular weight excluding hydrogens is 305 g/mol. The Morgan fingerprint density at radius 3 is 2.95 bits per heavy atom. The number of fused-ring (bicyclic) bond motifs is 1. The number of hydrogen-bond acceptors (Lipinski definition) is 3. The predicted molar refractivity (Wildman–Crippen MR) is 84.7 cm³/mol. The van der Waals surface area contributed by atoms with Crippen LogP contribution in [-0.4, -0.2) is 21.6 Å². The van der Waals surface area contributed by atoms with Crippen molar-refractivity contribution in [3.05, 3.63) is 53.9 Å². The SMILES string of the molecule is CCOc1cccc(F)c1C#Cc1ncc2cc[nH]c2n1.Cl. The molecule has 2 aromatic heterocycles. The fourth-order valence-electron chi connectivity index (χ4n) is 1.92. The van der Waals surface area contributed by atoms with Crippen LogP contribution >= 0.6 is 12.4 Å². The zero-order valence-electron chi connectivity index (χ0n) is 11.8. The Labute approximate surface area is 133 Å². The largest absolute Gasteiger partial charge is 0.492 e. The number of H-pyrrole nitrogens is 1. The second kappa shape index (κ2) is 6.92. The smallest absolute Gasteiger partial charge is 0.207 e. The molecular formula is C16H13ClFN3O. The first-order valence-electron chi connectivity index (χ1n) is 6.51. The molecule has 4 nitrogen and oxygen atoms in total. The molecule has 0 spiro atoms. The molecule has 0 aliphatic carbocycles. The van der Waals surface area contributed by atoms with Crippen molar-refractivity contribution in [2.75, 3.05) is 6.61 Å². The highest BCUT2D eigenvalue weighted by Gasteiger charge is 2.06. The maximum atomic E-state index is 13.9. The molecule has 3 aromatic rings. The molecule has 22 heavy (non-hydrogen) atoms. The van der Waals surface area contributed by atoms with E-state index in [0.717, 1.165) is 5.39 Å². The molecule has 2 heterocycles. The number of aromatic amines is 1. The van der Waals surface area contributed by atoms with Crippen LogP contribution in [0.5, 0.6) is 5.75 Å². The topological polar surface area (TPSA) is 50.8 Å². The fraction of sp³-hybridized carbons (Fsp3) is 0.125. The van der Waals surface area contributed by atoms with Crippen molar-refractivity contribution in [1.29, 1.82) is 0 Å². The average molecular weight is 318 g/mol. The highest BCUT2D eigenvalue weighted by molar-refractivity contribution is 5.85. The highest BCUT2D eigenvalue weighted by atomic mass is 35.5. The molecule has 0 fully saturated rings. The van der Waals surface area contributed by atoms with E-state index in [4.69, 9.17) is 4.74 Å². The first kappa shape index (κ1) is 15.8. The van der Waals surface area contributed by atoms with E-state index in [0.29, 0.717) is 23.8 Å². The summed E-state index contributed by atoms with van der Waals surface area (Å²) < 4.78 is 19.2. The van der Waals surface area contributed by atoms with Gasteiger partial charge in [0, 0.05) is 17.8 Å². The number of rotatable bonds is 2. The van der Waals surface area contributed by atoms with Gasteiger partial charge in [-0.25, -0.2) is 14.4 Å². The van der Waals surface area contributed by atoms with E-state index in [1.54, 1.807) is 24.5 Å². The lowest BCUT2D eigenvalue weighted by molar-refractivity contribution is 0.337. The van der Waals surface area contributed by atoms with Gasteiger partial charge in [0.15, 0.2) is 0 Å². The minimum Gasteiger partial charge on any atom is -0.492 e. The van der Waals surface area contributed by atoms with Crippen molar-refractivity contribution in [3.8, 4) is 17.6 Å². The molecule has 0 saturated heterocycles. The molecule has 0 saturated carbocycles. The second-order valence-corrected chi connectivity index (χ2v) is 4.27. The van der Waals surface area contributed by atoms with Crippen molar-refractivity contribution in [2.24, 2.45) is 0 Å². The Kier molecular flexibility index (Phi) is 4.97. The van der Waals surface area contributed by atoms with Gasteiger partial charge in [-0.15, -0.1) is 12.4 Å². The molecule has 0 atom stereocenters. The zero-order valence-corrected chi connectivity index (χ0v) is 12.6. The third kappa shape index (κ3) is 3.18. The first-order chi connectivity index (χ1) is 10.3. The van der Waals surface area contributed by atoms with E-state index in [1.807, 2.05) is 13.0 Å². The van der Waals surface area contributed by atoms with Gasteiger partial charge in [0.2, 0.25) is 5.82 Å². The lowest BCUT2D eigenvalue weighted by Crippen LogP contribution is -1.96. The molecule has 0 unspecified atom stereocenters. The van der Waals surface area contributed by atoms with Crippen LogP contribution in [0.15, 0.2) is 36.7 Å². The van der Waals surface area contributed by atoms with E-state index >= 15 is 0 Å². The van der Waals surface area contributed by atoms with Gasteiger partial charge in [-0.05, 0) is 31.0 Å². The molecule has 0 aliphatic heterocycles. The minimum atomic E-state index is -0.422. The van der Waals surface area contributed by atoms with Crippen LogP contribution in [0.25, 0.3) is 11.0 Å². The lowest BCUT2D eigenvalue weighted by atomic mass is 10.2. The maximum Gasteiger partial charge on any atom is 0.207 e. The highest BCUT2D eigenvalue weighted by Crippen LogP contribution is 2.20. The number of benzene rings is 1. The van der Waals surface area contributed by atoms with E-state index in [-0.39, 0.29) is 18.0 Å². The van der Waals surface area contributed by atoms with Crippen LogP contribution in [0.4, 0.5) is 4.39 Å². The number of halogens is 2. The number of nitrogens with zero attached hydrogens (tertiary/aromatic N) is 2. The summed E-state index contributed by atoms with van der Waals surface area (Å²) in [5.41, 5.74) is 0.919. The second-order valence-electron chi connectivity index (χ2n) is 4.27. The maximum absolute atomic E-state index is 13.9. The van der Waals surface area contributed by atoms with Gasteiger partial charge in [-0.3, -0.25) is 0 Å². The molecule has 0 bridgehead atoms. The molecule has 0 radical (unpaired) electrons. The van der Waals surface area contributed by atoms with Crippen LogP contribution < -0.4 is 4.74 Å². The van der Waals surface area contributed by atoms with Gasteiger partial charge >= 0.3 is 0 Å². The molecule has 0 aliphatic rings. The molecule has 112 valence electrons. The van der Waals surface area contributed by atoms with Crippen molar-refractivity contribution in [1.82, 2.24) is 15.0 Å². The third-order valence-electron chi connectivity index (χ3n) is 2.87. The van der Waals surface area contributed by atoms with E-state index in [9.17, 15) is 4.39 Å². The van der Waals surface area contributed by atoms with Gasteiger partial charge in [0.1, 0.15) is 22.8 Å². The number of aromatic nitrogens is 3. The molecule has 3 rings (SSSR count). The zero-order chi connectivity index (χ0) is 14.7. The van der Waals surface area contributed by atoms with E-state index < -0.39 is 5.82 Å². The summed E-state index contributed by atoms with van der Waals surface area (Å²) in [5.74, 6) is 5.85. The summed E-state index contributed by atoms with van der Waals surface area (Å²) in [6.07, 6.45) is 3.45.